The van der Waals surface area contributed by atoms with Crippen LogP contribution in [-0.2, 0) is 25.7 Å². The lowest BCUT2D eigenvalue weighted by Gasteiger charge is -2.53. The summed E-state index contributed by atoms with van der Waals surface area (Å²) >= 11 is 0. The number of piperidine rings is 1. The summed E-state index contributed by atoms with van der Waals surface area (Å²) in [7, 11) is 0. The molecule has 3 fully saturated rings. The molecule has 2 aliphatic heterocycles. The van der Waals surface area contributed by atoms with Crippen molar-refractivity contribution in [2.75, 3.05) is 44.3 Å². The monoisotopic (exact) mass is 517 g/mol. The highest BCUT2D eigenvalue weighted by Crippen LogP contribution is 2.48. The summed E-state index contributed by atoms with van der Waals surface area (Å²) in [4.78, 5) is 39.5. The zero-order valence-electron chi connectivity index (χ0n) is 20.8. The molecule has 5 rings (SSSR count). The third-order valence-corrected chi connectivity index (χ3v) is 7.45. The molecule has 0 aromatic carbocycles. The quantitative estimate of drug-likeness (QED) is 0.493. The van der Waals surface area contributed by atoms with Crippen molar-refractivity contribution in [2.24, 2.45) is 11.3 Å². The van der Waals surface area contributed by atoms with Crippen LogP contribution in [0.2, 0.25) is 0 Å². The molecule has 1 saturated carbocycles. The van der Waals surface area contributed by atoms with Gasteiger partial charge in [0.15, 0.2) is 0 Å². The summed E-state index contributed by atoms with van der Waals surface area (Å²) in [6.07, 6.45) is 9.27. The summed E-state index contributed by atoms with van der Waals surface area (Å²) in [6, 6.07) is 6.44. The molecule has 3 atom stereocenters. The van der Waals surface area contributed by atoms with E-state index in [0.717, 1.165) is 76.5 Å². The summed E-state index contributed by atoms with van der Waals surface area (Å²) in [5.74, 6) is 0.532. The Hall–Kier alpha value is -3.51. The number of carboxylic acid groups (broad SMARTS) is 2. The second-order valence-electron chi connectivity index (χ2n) is 9.23. The van der Waals surface area contributed by atoms with E-state index in [9.17, 15) is 4.79 Å². The third-order valence-electron chi connectivity index (χ3n) is 7.45. The fraction of sp³-hybridized carbons (Fsp3) is 0.560. The van der Waals surface area contributed by atoms with Gasteiger partial charge in [-0.3, -0.25) is 24.3 Å². The Kier molecular flexibility index (Phi) is 10.8. The molecule has 0 spiro atoms. The van der Waals surface area contributed by atoms with Gasteiger partial charge >= 0.3 is 0 Å². The molecular formula is C25H35N5O7. The number of pyridine rings is 1. The van der Waals surface area contributed by atoms with Crippen LogP contribution in [0.1, 0.15) is 31.4 Å². The van der Waals surface area contributed by atoms with E-state index in [1.807, 2.05) is 24.5 Å². The second kappa shape index (κ2) is 14.3. The van der Waals surface area contributed by atoms with Crippen LogP contribution in [0.25, 0.3) is 0 Å². The van der Waals surface area contributed by atoms with Gasteiger partial charge in [-0.25, -0.2) is 0 Å². The lowest BCUT2D eigenvalue weighted by Crippen LogP contribution is -2.61. The van der Waals surface area contributed by atoms with E-state index < -0.39 is 0 Å². The molecule has 37 heavy (non-hydrogen) atoms. The number of aromatic nitrogens is 2. The number of amides is 1. The second-order valence-corrected chi connectivity index (χ2v) is 9.23. The first kappa shape index (κ1) is 28.1. The number of fused-ring (bicyclic) bond motifs is 1. The van der Waals surface area contributed by atoms with Crippen molar-refractivity contribution in [1.82, 2.24) is 20.4 Å². The Morgan fingerprint density at radius 2 is 1.81 bits per heavy atom. The van der Waals surface area contributed by atoms with Gasteiger partial charge in [0.1, 0.15) is 12.0 Å². The van der Waals surface area contributed by atoms with Gasteiger partial charge in [0.2, 0.25) is 5.91 Å². The van der Waals surface area contributed by atoms with Crippen LogP contribution in [0.4, 0.5) is 5.69 Å². The average molecular weight is 518 g/mol. The molecular weight excluding hydrogens is 482 g/mol. The van der Waals surface area contributed by atoms with Gasteiger partial charge in [0, 0.05) is 56.4 Å². The number of hydrogen-bond acceptors (Lipinski definition) is 9. The van der Waals surface area contributed by atoms with Crippen molar-refractivity contribution in [1.29, 1.82) is 0 Å². The van der Waals surface area contributed by atoms with Gasteiger partial charge in [0.25, 0.3) is 12.9 Å². The van der Waals surface area contributed by atoms with Crippen molar-refractivity contribution in [3.63, 3.8) is 0 Å². The van der Waals surface area contributed by atoms with E-state index in [-0.39, 0.29) is 24.3 Å². The number of nitrogens with one attached hydrogen (secondary N) is 1. The predicted octanol–water partition coefficient (Wildman–Crippen LogP) is 1.49. The number of carbonyl (C=O) groups excluding carboxylic acids is 1. The van der Waals surface area contributed by atoms with Gasteiger partial charge in [-0.15, -0.1) is 0 Å². The molecule has 0 bridgehead atoms. The number of rotatable bonds is 5. The van der Waals surface area contributed by atoms with E-state index >= 15 is 0 Å². The van der Waals surface area contributed by atoms with E-state index in [1.165, 1.54) is 0 Å². The van der Waals surface area contributed by atoms with Gasteiger partial charge in [-0.1, -0.05) is 5.16 Å². The molecule has 2 aromatic heterocycles. The minimum Gasteiger partial charge on any atom is -0.483 e. The van der Waals surface area contributed by atoms with Crippen LogP contribution in [-0.4, -0.2) is 89.5 Å². The highest BCUT2D eigenvalue weighted by atomic mass is 16.5. The zero-order chi connectivity index (χ0) is 26.5. The van der Waals surface area contributed by atoms with Crippen molar-refractivity contribution in [3.8, 4) is 0 Å². The third kappa shape index (κ3) is 7.26. The van der Waals surface area contributed by atoms with Gasteiger partial charge in [-0.05, 0) is 43.7 Å². The first-order valence-corrected chi connectivity index (χ1v) is 12.4. The lowest BCUT2D eigenvalue weighted by molar-refractivity contribution is -0.139. The van der Waals surface area contributed by atoms with E-state index in [0.29, 0.717) is 18.5 Å². The Bertz CT molecular complexity index is 950. The largest absolute Gasteiger partial charge is 0.483 e. The van der Waals surface area contributed by atoms with E-state index in [2.05, 4.69) is 25.3 Å². The van der Waals surface area contributed by atoms with Crippen LogP contribution in [0.3, 0.4) is 0 Å². The Balaban J connectivity index is 0.000000580. The highest BCUT2D eigenvalue weighted by molar-refractivity contribution is 5.84. The summed E-state index contributed by atoms with van der Waals surface area (Å²) < 4.78 is 10.5. The summed E-state index contributed by atoms with van der Waals surface area (Å²) in [6.45, 7) is 5.29. The minimum atomic E-state index is -0.381. The van der Waals surface area contributed by atoms with Crippen LogP contribution in [0, 0.1) is 11.3 Å². The molecule has 0 unspecified atom stereocenters. The van der Waals surface area contributed by atoms with Crippen LogP contribution in [0.5, 0.6) is 0 Å². The molecule has 0 radical (unpaired) electrons. The van der Waals surface area contributed by atoms with Crippen LogP contribution in [0.15, 0.2) is 41.4 Å². The molecule has 1 aliphatic carbocycles. The van der Waals surface area contributed by atoms with Crippen molar-refractivity contribution < 1.29 is 33.9 Å². The summed E-state index contributed by atoms with van der Waals surface area (Å²) in [5, 5.41) is 20.9. The topological polar surface area (TPSA) is 158 Å². The normalized spacial score (nSPS) is 25.2. The van der Waals surface area contributed by atoms with Crippen molar-refractivity contribution >= 4 is 24.5 Å². The molecule has 202 valence electrons. The highest BCUT2D eigenvalue weighted by Gasteiger charge is 2.52. The maximum atomic E-state index is 13.7. The number of ether oxygens (including phenoxy) is 1. The number of hydrogen-bond donors (Lipinski definition) is 3. The molecule has 1 amide bonds. The van der Waals surface area contributed by atoms with E-state index in [4.69, 9.17) is 29.1 Å². The standard InChI is InChI=1S/C23H31N5O3.2CH2O2/c29-22(25-16-19-5-12-31-26-19)23-6-1-21(27-10-13-30-14-11-27)15-18(23)4-9-28(17-23)20-2-7-24-8-3-20;2*2-1-3/h2-3,5,7-8,12,18,21H,1,4,6,9-11,13-17H2,(H,25,29);2*1H,(H,2,3)/t18-,21+,23-;;/m1../s1. The van der Waals surface area contributed by atoms with Crippen LogP contribution >= 0.6 is 0 Å². The van der Waals surface area contributed by atoms with Crippen molar-refractivity contribution in [2.45, 2.75) is 38.3 Å². The van der Waals surface area contributed by atoms with E-state index in [1.54, 1.807) is 12.3 Å². The number of morpholine rings is 1. The van der Waals surface area contributed by atoms with Crippen LogP contribution < -0.4 is 10.2 Å². The lowest BCUT2D eigenvalue weighted by atomic mass is 9.60. The molecule has 4 heterocycles. The first-order valence-electron chi connectivity index (χ1n) is 12.4. The number of nitrogens with zero attached hydrogens (tertiary/aromatic N) is 4. The fourth-order valence-corrected chi connectivity index (χ4v) is 5.73. The summed E-state index contributed by atoms with van der Waals surface area (Å²) in [5.41, 5.74) is 1.52. The maximum absolute atomic E-state index is 13.7. The van der Waals surface area contributed by atoms with Gasteiger partial charge < -0.3 is 29.7 Å². The SMILES string of the molecule is O=C(NCc1ccon1)[C@@]12CC[C@H](N3CCOCC3)C[C@H]1CCN(c1ccncc1)C2.O=CO.O=CO. The smallest absolute Gasteiger partial charge is 0.290 e. The number of anilines is 1. The molecule has 3 N–H and O–H groups in total. The predicted molar refractivity (Wildman–Crippen MR) is 133 cm³/mol. The number of carbonyl (C=O) groups is 3. The van der Waals surface area contributed by atoms with Crippen molar-refractivity contribution in [3.05, 3.63) is 42.5 Å². The van der Waals surface area contributed by atoms with Gasteiger partial charge in [0.05, 0.1) is 25.2 Å². The molecule has 2 aromatic rings. The fourth-order valence-electron chi connectivity index (χ4n) is 5.73. The molecule has 12 nitrogen and oxygen atoms in total. The average Bonchev–Trinajstić information content (AvgIpc) is 3.47. The molecule has 12 heteroatoms. The Morgan fingerprint density at radius 1 is 1.11 bits per heavy atom. The van der Waals surface area contributed by atoms with Gasteiger partial charge in [-0.2, -0.15) is 0 Å². The Labute approximate surface area is 215 Å². The molecule has 2 saturated heterocycles. The molecule has 3 aliphatic rings. The Morgan fingerprint density at radius 3 is 2.46 bits per heavy atom. The minimum absolute atomic E-state index is 0.152. The maximum Gasteiger partial charge on any atom is 0.290 e. The zero-order valence-corrected chi connectivity index (χ0v) is 20.8. The first-order chi connectivity index (χ1) is 18.1.